The third-order valence-corrected chi connectivity index (χ3v) is 7.17. The smallest absolute Gasteiger partial charge is 0.163 e. The lowest BCUT2D eigenvalue weighted by molar-refractivity contribution is 0.0994. The van der Waals surface area contributed by atoms with Crippen LogP contribution in [0.15, 0.2) is 28.9 Å². The molecule has 0 aliphatic carbocycles. The summed E-state index contributed by atoms with van der Waals surface area (Å²) in [7, 11) is 1.92. The third-order valence-electron chi connectivity index (χ3n) is 6.50. The van der Waals surface area contributed by atoms with Crippen molar-refractivity contribution in [2.75, 3.05) is 11.5 Å². The average molecular weight is 543 g/mol. The van der Waals surface area contributed by atoms with Crippen molar-refractivity contribution < 1.29 is 14.4 Å². The molecule has 9 nitrogen and oxygen atoms in total. The summed E-state index contributed by atoms with van der Waals surface area (Å²) in [5.74, 6) is 2.15. The van der Waals surface area contributed by atoms with Crippen LogP contribution in [0.1, 0.15) is 42.5 Å². The SMILES string of the molecule is CCC[C@@H](O)COc1ccc(Cl)c(-c2nc(-c3c(C)noc3C)c(Cl)c(N3Cc4cnn(C)c4C3)n2)c1. The minimum absolute atomic E-state index is 0.187. The van der Waals surface area contributed by atoms with E-state index in [1.165, 1.54) is 0 Å². The molecule has 0 spiro atoms. The maximum atomic E-state index is 10.1. The molecule has 0 unspecified atom stereocenters. The van der Waals surface area contributed by atoms with Crippen LogP contribution in [0.25, 0.3) is 22.6 Å². The van der Waals surface area contributed by atoms with Crippen molar-refractivity contribution in [1.29, 1.82) is 0 Å². The summed E-state index contributed by atoms with van der Waals surface area (Å²) in [6, 6.07) is 5.29. The fourth-order valence-electron chi connectivity index (χ4n) is 4.56. The molecule has 11 heteroatoms. The maximum Gasteiger partial charge on any atom is 0.163 e. The lowest BCUT2D eigenvalue weighted by Crippen LogP contribution is -2.19. The summed E-state index contributed by atoms with van der Waals surface area (Å²) in [6.07, 6.45) is 2.86. The Labute approximate surface area is 225 Å². The first-order chi connectivity index (χ1) is 17.8. The Kier molecular flexibility index (Phi) is 7.11. The molecule has 0 saturated carbocycles. The highest BCUT2D eigenvalue weighted by molar-refractivity contribution is 6.36. The molecule has 0 amide bonds. The summed E-state index contributed by atoms with van der Waals surface area (Å²) in [6.45, 7) is 7.11. The average Bonchev–Trinajstić information content (AvgIpc) is 3.55. The largest absolute Gasteiger partial charge is 0.491 e. The monoisotopic (exact) mass is 542 g/mol. The maximum absolute atomic E-state index is 10.1. The summed E-state index contributed by atoms with van der Waals surface area (Å²) < 4.78 is 13.1. The number of fused-ring (bicyclic) bond motifs is 1. The van der Waals surface area contributed by atoms with Crippen LogP contribution < -0.4 is 9.64 Å². The van der Waals surface area contributed by atoms with E-state index < -0.39 is 6.10 Å². The summed E-state index contributed by atoms with van der Waals surface area (Å²) >= 11 is 13.6. The Bertz CT molecular complexity index is 1430. The molecule has 1 aromatic carbocycles. The van der Waals surface area contributed by atoms with E-state index in [1.54, 1.807) is 18.2 Å². The van der Waals surface area contributed by atoms with Gasteiger partial charge in [0.2, 0.25) is 0 Å². The molecule has 1 N–H and O–H groups in total. The Hall–Kier alpha value is -3.14. The van der Waals surface area contributed by atoms with E-state index in [0.29, 0.717) is 69.7 Å². The third kappa shape index (κ3) is 4.91. The molecule has 1 atom stereocenters. The Morgan fingerprint density at radius 1 is 1.19 bits per heavy atom. The number of anilines is 1. The number of halogens is 2. The van der Waals surface area contributed by atoms with Gasteiger partial charge in [0.15, 0.2) is 11.6 Å². The van der Waals surface area contributed by atoms with E-state index in [9.17, 15) is 5.11 Å². The molecule has 4 heterocycles. The predicted octanol–water partition coefficient (Wildman–Crippen LogP) is 5.52. The van der Waals surface area contributed by atoms with E-state index in [-0.39, 0.29) is 6.61 Å². The van der Waals surface area contributed by atoms with Gasteiger partial charge < -0.3 is 19.3 Å². The molecular weight excluding hydrogens is 515 g/mol. The van der Waals surface area contributed by atoms with Gasteiger partial charge in [0, 0.05) is 24.7 Å². The van der Waals surface area contributed by atoms with Crippen molar-refractivity contribution in [3.63, 3.8) is 0 Å². The predicted molar refractivity (Wildman–Crippen MR) is 142 cm³/mol. The zero-order chi connectivity index (χ0) is 26.3. The number of aliphatic hydroxyl groups is 1. The first kappa shape index (κ1) is 25.5. The van der Waals surface area contributed by atoms with Gasteiger partial charge in [-0.1, -0.05) is 41.7 Å². The molecule has 0 radical (unpaired) electrons. The van der Waals surface area contributed by atoms with Gasteiger partial charge in [-0.25, -0.2) is 9.97 Å². The molecule has 1 aliphatic heterocycles. The second kappa shape index (κ2) is 10.3. The van der Waals surface area contributed by atoms with Crippen LogP contribution >= 0.6 is 23.2 Å². The van der Waals surface area contributed by atoms with Crippen molar-refractivity contribution in [3.8, 4) is 28.4 Å². The highest BCUT2D eigenvalue weighted by atomic mass is 35.5. The number of aromatic nitrogens is 5. The first-order valence-corrected chi connectivity index (χ1v) is 12.9. The second-order valence-corrected chi connectivity index (χ2v) is 10.0. The molecule has 0 fully saturated rings. The van der Waals surface area contributed by atoms with E-state index in [4.69, 9.17) is 42.4 Å². The minimum Gasteiger partial charge on any atom is -0.491 e. The quantitative estimate of drug-likeness (QED) is 0.310. The number of ether oxygens (including phenoxy) is 1. The second-order valence-electron chi connectivity index (χ2n) is 9.22. The molecule has 5 rings (SSSR count). The minimum atomic E-state index is -0.542. The van der Waals surface area contributed by atoms with Gasteiger partial charge >= 0.3 is 0 Å². The van der Waals surface area contributed by atoms with Crippen LogP contribution in [0.5, 0.6) is 5.75 Å². The topological polar surface area (TPSA) is 102 Å². The number of hydrogen-bond acceptors (Lipinski definition) is 8. The first-order valence-electron chi connectivity index (χ1n) is 12.1. The van der Waals surface area contributed by atoms with Crippen molar-refractivity contribution in [2.45, 2.75) is 52.8 Å². The zero-order valence-corrected chi connectivity index (χ0v) is 22.6. The normalized spacial score (nSPS) is 13.8. The van der Waals surface area contributed by atoms with Crippen LogP contribution in [0.4, 0.5) is 5.82 Å². The Morgan fingerprint density at radius 3 is 2.70 bits per heavy atom. The summed E-state index contributed by atoms with van der Waals surface area (Å²) in [5.41, 5.74) is 4.74. The van der Waals surface area contributed by atoms with Gasteiger partial charge in [0.05, 0.1) is 40.8 Å². The molecule has 3 aromatic heterocycles. The summed E-state index contributed by atoms with van der Waals surface area (Å²) in [4.78, 5) is 11.8. The lowest BCUT2D eigenvalue weighted by Gasteiger charge is -2.21. The van der Waals surface area contributed by atoms with Crippen LogP contribution in [-0.2, 0) is 20.1 Å². The number of benzene rings is 1. The van der Waals surface area contributed by atoms with Gasteiger partial charge in [-0.15, -0.1) is 0 Å². The number of aliphatic hydroxyl groups excluding tert-OH is 1. The zero-order valence-electron chi connectivity index (χ0n) is 21.1. The standard InChI is InChI=1S/C26H28Cl2N6O3/c1-5-6-17(35)13-36-18-7-8-20(27)19(9-18)25-30-24(22-14(2)32-37-15(22)3)23(28)26(31-25)34-11-16-10-29-33(4)21(16)12-34/h7-10,17,35H,5-6,11-13H2,1-4H3/t17-/m1/s1. The summed E-state index contributed by atoms with van der Waals surface area (Å²) in [5, 5.41) is 19.4. The highest BCUT2D eigenvalue weighted by Crippen LogP contribution is 2.41. The van der Waals surface area contributed by atoms with Crippen LogP contribution in [0, 0.1) is 13.8 Å². The van der Waals surface area contributed by atoms with Crippen molar-refractivity contribution in [1.82, 2.24) is 24.9 Å². The molecule has 37 heavy (non-hydrogen) atoms. The molecule has 0 saturated heterocycles. The van der Waals surface area contributed by atoms with Gasteiger partial charge in [-0.3, -0.25) is 4.68 Å². The molecule has 0 bridgehead atoms. The van der Waals surface area contributed by atoms with Crippen LogP contribution in [0.3, 0.4) is 0 Å². The Morgan fingerprint density at radius 2 is 2.00 bits per heavy atom. The van der Waals surface area contributed by atoms with E-state index in [0.717, 1.165) is 23.2 Å². The Balaban J connectivity index is 1.60. The van der Waals surface area contributed by atoms with Gasteiger partial charge in [-0.2, -0.15) is 5.10 Å². The molecule has 4 aromatic rings. The fraction of sp³-hybridized carbons (Fsp3) is 0.385. The van der Waals surface area contributed by atoms with Crippen molar-refractivity contribution >= 4 is 29.0 Å². The van der Waals surface area contributed by atoms with E-state index in [2.05, 4.69) is 15.2 Å². The van der Waals surface area contributed by atoms with Crippen LogP contribution in [0.2, 0.25) is 10.0 Å². The van der Waals surface area contributed by atoms with E-state index >= 15 is 0 Å². The van der Waals surface area contributed by atoms with Crippen LogP contribution in [-0.4, -0.2) is 42.7 Å². The number of nitrogens with zero attached hydrogens (tertiary/aromatic N) is 6. The highest BCUT2D eigenvalue weighted by Gasteiger charge is 2.29. The van der Waals surface area contributed by atoms with Crippen molar-refractivity contribution in [2.24, 2.45) is 7.05 Å². The van der Waals surface area contributed by atoms with Gasteiger partial charge in [-0.05, 0) is 38.5 Å². The number of aryl methyl sites for hydroxylation is 3. The molecule has 194 valence electrons. The lowest BCUT2D eigenvalue weighted by atomic mass is 10.1. The molecule has 1 aliphatic rings. The van der Waals surface area contributed by atoms with Gasteiger partial charge in [0.1, 0.15) is 28.8 Å². The number of hydrogen-bond donors (Lipinski definition) is 1. The van der Waals surface area contributed by atoms with E-state index in [1.807, 2.05) is 38.7 Å². The number of rotatable bonds is 8. The molecular formula is C26H28Cl2N6O3. The fourth-order valence-corrected chi connectivity index (χ4v) is 5.06. The van der Waals surface area contributed by atoms with Crippen molar-refractivity contribution in [3.05, 3.63) is 57.2 Å². The van der Waals surface area contributed by atoms with Gasteiger partial charge in [0.25, 0.3) is 0 Å².